The molecule has 0 aromatic heterocycles. The van der Waals surface area contributed by atoms with E-state index < -0.39 is 0 Å². The van der Waals surface area contributed by atoms with Gasteiger partial charge >= 0.3 is 0 Å². The van der Waals surface area contributed by atoms with Gasteiger partial charge in [-0.3, -0.25) is 4.79 Å². The van der Waals surface area contributed by atoms with E-state index in [2.05, 4.69) is 27.9 Å². The Bertz CT molecular complexity index is 556. The van der Waals surface area contributed by atoms with Crippen LogP contribution in [0.2, 0.25) is 0 Å². The van der Waals surface area contributed by atoms with Crippen LogP contribution >= 0.6 is 24.0 Å². The molecule has 0 fully saturated rings. The van der Waals surface area contributed by atoms with E-state index >= 15 is 0 Å². The average Bonchev–Trinajstić information content (AvgIpc) is 2.65. The summed E-state index contributed by atoms with van der Waals surface area (Å²) in [6.45, 7) is 7.46. The molecule has 0 radical (unpaired) electrons. The number of nitrogens with one attached hydrogen (secondary N) is 3. The number of aliphatic imine (C=N–C) groups is 1. The van der Waals surface area contributed by atoms with Crippen molar-refractivity contribution in [3.63, 3.8) is 0 Å². The zero-order valence-corrected chi connectivity index (χ0v) is 18.9. The van der Waals surface area contributed by atoms with Gasteiger partial charge in [-0.05, 0) is 37.5 Å². The highest BCUT2D eigenvalue weighted by molar-refractivity contribution is 14.0. The van der Waals surface area contributed by atoms with Crippen LogP contribution in [0.25, 0.3) is 0 Å². The quantitative estimate of drug-likeness (QED) is 0.181. The SMILES string of the molecule is CCNC(=NCC(=O)Nc1cccc(CC)c1)NCCCOCCOC.I. The average molecular weight is 492 g/mol. The van der Waals surface area contributed by atoms with Gasteiger partial charge in [-0.25, -0.2) is 4.99 Å². The molecule has 0 saturated carbocycles. The minimum atomic E-state index is -0.140. The van der Waals surface area contributed by atoms with Crippen LogP contribution in [0.15, 0.2) is 29.3 Å². The number of methoxy groups -OCH3 is 1. The second-order valence-electron chi connectivity index (χ2n) is 5.68. The highest BCUT2D eigenvalue weighted by Crippen LogP contribution is 2.10. The number of aryl methyl sites for hydroxylation is 1. The van der Waals surface area contributed by atoms with Crippen molar-refractivity contribution in [2.24, 2.45) is 4.99 Å². The summed E-state index contributed by atoms with van der Waals surface area (Å²) in [6, 6.07) is 7.85. The molecule has 0 saturated heterocycles. The van der Waals surface area contributed by atoms with Crippen LogP contribution in [0.1, 0.15) is 25.8 Å². The van der Waals surface area contributed by atoms with E-state index in [1.807, 2.05) is 31.2 Å². The van der Waals surface area contributed by atoms with Gasteiger partial charge in [0.25, 0.3) is 0 Å². The van der Waals surface area contributed by atoms with Crippen LogP contribution in [0.5, 0.6) is 0 Å². The normalized spacial score (nSPS) is 10.9. The third-order valence-corrected chi connectivity index (χ3v) is 3.53. The number of benzene rings is 1. The smallest absolute Gasteiger partial charge is 0.246 e. The van der Waals surface area contributed by atoms with Crippen molar-refractivity contribution in [3.05, 3.63) is 29.8 Å². The molecule has 1 rings (SSSR count). The van der Waals surface area contributed by atoms with Crippen LogP contribution in [0.4, 0.5) is 5.69 Å². The van der Waals surface area contributed by atoms with Crippen molar-refractivity contribution in [3.8, 4) is 0 Å². The summed E-state index contributed by atoms with van der Waals surface area (Å²) < 4.78 is 10.3. The maximum atomic E-state index is 12.1. The van der Waals surface area contributed by atoms with Crippen molar-refractivity contribution in [2.75, 3.05) is 51.9 Å². The Morgan fingerprint density at radius 3 is 2.67 bits per heavy atom. The lowest BCUT2D eigenvalue weighted by Crippen LogP contribution is -2.38. The first kappa shape index (κ1) is 25.6. The molecule has 1 aromatic carbocycles. The van der Waals surface area contributed by atoms with Crippen LogP contribution in [0.3, 0.4) is 0 Å². The number of hydrogen-bond donors (Lipinski definition) is 3. The van der Waals surface area contributed by atoms with Crippen molar-refractivity contribution >= 4 is 41.5 Å². The lowest BCUT2D eigenvalue weighted by atomic mass is 10.1. The summed E-state index contributed by atoms with van der Waals surface area (Å²) in [7, 11) is 1.65. The van der Waals surface area contributed by atoms with E-state index in [-0.39, 0.29) is 36.4 Å². The zero-order valence-electron chi connectivity index (χ0n) is 16.5. The van der Waals surface area contributed by atoms with E-state index in [9.17, 15) is 4.79 Å². The lowest BCUT2D eigenvalue weighted by Gasteiger charge is -2.11. The van der Waals surface area contributed by atoms with Crippen molar-refractivity contribution in [1.82, 2.24) is 10.6 Å². The van der Waals surface area contributed by atoms with Crippen molar-refractivity contribution in [1.29, 1.82) is 0 Å². The molecule has 0 aliphatic carbocycles. The van der Waals surface area contributed by atoms with Crippen molar-refractivity contribution < 1.29 is 14.3 Å². The number of carbonyl (C=O) groups excluding carboxylic acids is 1. The van der Waals surface area contributed by atoms with Gasteiger partial charge < -0.3 is 25.4 Å². The minimum absolute atomic E-state index is 0. The maximum absolute atomic E-state index is 12.1. The Morgan fingerprint density at radius 2 is 1.96 bits per heavy atom. The fourth-order valence-corrected chi connectivity index (χ4v) is 2.19. The molecule has 0 spiro atoms. The van der Waals surface area contributed by atoms with Gasteiger partial charge in [0.05, 0.1) is 13.2 Å². The van der Waals surface area contributed by atoms with E-state index in [0.717, 1.165) is 31.6 Å². The van der Waals surface area contributed by atoms with E-state index in [1.54, 1.807) is 7.11 Å². The molecule has 27 heavy (non-hydrogen) atoms. The van der Waals surface area contributed by atoms with E-state index in [0.29, 0.717) is 25.8 Å². The van der Waals surface area contributed by atoms with Crippen LogP contribution < -0.4 is 16.0 Å². The number of ether oxygens (including phenoxy) is 2. The number of anilines is 1. The summed E-state index contributed by atoms with van der Waals surface area (Å²) in [5.41, 5.74) is 1.99. The van der Waals surface area contributed by atoms with Crippen LogP contribution in [0, 0.1) is 0 Å². The summed E-state index contributed by atoms with van der Waals surface area (Å²) in [5.74, 6) is 0.486. The predicted molar refractivity (Wildman–Crippen MR) is 121 cm³/mol. The number of rotatable bonds is 12. The highest BCUT2D eigenvalue weighted by Gasteiger charge is 2.03. The second-order valence-corrected chi connectivity index (χ2v) is 5.68. The fourth-order valence-electron chi connectivity index (χ4n) is 2.19. The Kier molecular flexibility index (Phi) is 15.9. The number of halogens is 1. The molecule has 0 aliphatic rings. The van der Waals surface area contributed by atoms with Gasteiger partial charge in [-0.1, -0.05) is 19.1 Å². The number of hydrogen-bond acceptors (Lipinski definition) is 4. The topological polar surface area (TPSA) is 84.0 Å². The summed E-state index contributed by atoms with van der Waals surface area (Å²) >= 11 is 0. The fraction of sp³-hybridized carbons (Fsp3) is 0.579. The minimum Gasteiger partial charge on any atom is -0.382 e. The van der Waals surface area contributed by atoms with E-state index in [1.165, 1.54) is 5.56 Å². The summed E-state index contributed by atoms with van der Waals surface area (Å²) in [4.78, 5) is 16.4. The number of carbonyl (C=O) groups is 1. The van der Waals surface area contributed by atoms with Crippen LogP contribution in [-0.2, 0) is 20.7 Å². The lowest BCUT2D eigenvalue weighted by molar-refractivity contribution is -0.114. The second kappa shape index (κ2) is 16.8. The molecule has 0 aliphatic heterocycles. The summed E-state index contributed by atoms with van der Waals surface area (Å²) in [6.07, 6.45) is 1.79. The number of nitrogens with zero attached hydrogens (tertiary/aromatic N) is 1. The van der Waals surface area contributed by atoms with Gasteiger partial charge in [0, 0.05) is 32.5 Å². The predicted octanol–water partition coefficient (Wildman–Crippen LogP) is 2.41. The maximum Gasteiger partial charge on any atom is 0.246 e. The first-order valence-corrected chi connectivity index (χ1v) is 9.17. The molecule has 3 N–H and O–H groups in total. The van der Waals surface area contributed by atoms with Gasteiger partial charge in [0.15, 0.2) is 5.96 Å². The molecule has 0 unspecified atom stereocenters. The zero-order chi connectivity index (χ0) is 19.0. The number of guanidine groups is 1. The van der Waals surface area contributed by atoms with Gasteiger partial charge in [-0.15, -0.1) is 24.0 Å². The largest absolute Gasteiger partial charge is 0.382 e. The highest BCUT2D eigenvalue weighted by atomic mass is 127. The van der Waals surface area contributed by atoms with Gasteiger partial charge in [0.2, 0.25) is 5.91 Å². The third kappa shape index (κ3) is 12.6. The monoisotopic (exact) mass is 492 g/mol. The van der Waals surface area contributed by atoms with Crippen LogP contribution in [-0.4, -0.2) is 58.4 Å². The molecule has 0 atom stereocenters. The van der Waals surface area contributed by atoms with Gasteiger partial charge in [-0.2, -0.15) is 0 Å². The molecule has 0 heterocycles. The molecule has 7 nitrogen and oxygen atoms in total. The molecule has 1 amide bonds. The Labute approximate surface area is 179 Å². The van der Waals surface area contributed by atoms with E-state index in [4.69, 9.17) is 9.47 Å². The third-order valence-electron chi connectivity index (χ3n) is 3.53. The molecule has 1 aromatic rings. The van der Waals surface area contributed by atoms with Gasteiger partial charge in [0.1, 0.15) is 6.54 Å². The first-order chi connectivity index (χ1) is 12.7. The molecular formula is C19H33IN4O3. The summed E-state index contributed by atoms with van der Waals surface area (Å²) in [5, 5.41) is 9.20. The standard InChI is InChI=1S/C19H32N4O3.HI/c1-4-16-8-6-9-17(14-16)23-18(24)15-22-19(20-5-2)21-10-7-11-26-13-12-25-3;/h6,8-9,14H,4-5,7,10-13,15H2,1-3H3,(H,23,24)(H2,20,21,22);1H. The Balaban J connectivity index is 0.00000676. The molecule has 8 heteroatoms. The molecular weight excluding hydrogens is 459 g/mol. The molecule has 154 valence electrons. The Hall–Kier alpha value is -1.39. The Morgan fingerprint density at radius 1 is 1.15 bits per heavy atom. The van der Waals surface area contributed by atoms with Crippen molar-refractivity contribution in [2.45, 2.75) is 26.7 Å². The molecule has 0 bridgehead atoms. The number of amides is 1. The first-order valence-electron chi connectivity index (χ1n) is 9.17.